The van der Waals surface area contributed by atoms with Gasteiger partial charge in [0.05, 0.1) is 9.90 Å². The Morgan fingerprint density at radius 2 is 2.21 bits per heavy atom. The predicted molar refractivity (Wildman–Crippen MR) is 76.6 cm³/mol. The molecule has 102 valence electrons. The van der Waals surface area contributed by atoms with E-state index in [0.29, 0.717) is 24.2 Å². The first-order chi connectivity index (χ1) is 9.00. The van der Waals surface area contributed by atoms with Gasteiger partial charge in [-0.3, -0.25) is 0 Å². The van der Waals surface area contributed by atoms with Gasteiger partial charge in [-0.1, -0.05) is 6.07 Å². The van der Waals surface area contributed by atoms with Crippen LogP contribution in [0.3, 0.4) is 0 Å². The zero-order valence-electron chi connectivity index (χ0n) is 10.5. The van der Waals surface area contributed by atoms with Crippen molar-refractivity contribution in [2.45, 2.75) is 18.2 Å². The van der Waals surface area contributed by atoms with E-state index in [4.69, 9.17) is 5.73 Å². The lowest BCUT2D eigenvalue weighted by Crippen LogP contribution is -2.26. The molecule has 0 bridgehead atoms. The van der Waals surface area contributed by atoms with Crippen LogP contribution < -0.4 is 10.5 Å². The van der Waals surface area contributed by atoms with Gasteiger partial charge in [-0.05, 0) is 24.6 Å². The van der Waals surface area contributed by atoms with E-state index in [9.17, 15) is 8.42 Å². The maximum atomic E-state index is 12.2. The summed E-state index contributed by atoms with van der Waals surface area (Å²) in [5.74, 6) is 0. The van der Waals surface area contributed by atoms with E-state index in [2.05, 4.69) is 9.71 Å². The number of sulfonamides is 1. The van der Waals surface area contributed by atoms with Crippen LogP contribution in [-0.2, 0) is 16.4 Å². The Labute approximate surface area is 116 Å². The van der Waals surface area contributed by atoms with Crippen LogP contribution in [0, 0.1) is 6.92 Å². The van der Waals surface area contributed by atoms with Gasteiger partial charge < -0.3 is 5.73 Å². The van der Waals surface area contributed by atoms with E-state index in [1.165, 1.54) is 11.3 Å². The molecule has 1 heterocycles. The zero-order valence-corrected chi connectivity index (χ0v) is 12.1. The molecule has 0 atom stereocenters. The highest BCUT2D eigenvalue weighted by atomic mass is 32.2. The fourth-order valence-corrected chi connectivity index (χ4v) is 3.59. The van der Waals surface area contributed by atoms with E-state index in [1.807, 2.05) is 5.38 Å². The van der Waals surface area contributed by atoms with E-state index < -0.39 is 10.0 Å². The number of rotatable bonds is 5. The number of hydrogen-bond donors (Lipinski definition) is 2. The molecule has 2 aromatic rings. The van der Waals surface area contributed by atoms with Crippen LogP contribution in [0.1, 0.15) is 10.6 Å². The number of nitrogens with one attached hydrogen (secondary N) is 1. The number of nitrogens with two attached hydrogens (primary N) is 1. The second kappa shape index (κ2) is 5.68. The number of thiazole rings is 1. The van der Waals surface area contributed by atoms with Gasteiger partial charge in [0.1, 0.15) is 0 Å². The highest BCUT2D eigenvalue weighted by molar-refractivity contribution is 7.89. The zero-order chi connectivity index (χ0) is 13.9. The van der Waals surface area contributed by atoms with Crippen molar-refractivity contribution in [3.63, 3.8) is 0 Å². The summed E-state index contributed by atoms with van der Waals surface area (Å²) >= 11 is 1.51. The van der Waals surface area contributed by atoms with Crippen LogP contribution in [0.4, 0.5) is 5.69 Å². The maximum Gasteiger partial charge on any atom is 0.240 e. The topological polar surface area (TPSA) is 85.1 Å². The van der Waals surface area contributed by atoms with Gasteiger partial charge in [-0.15, -0.1) is 11.3 Å². The number of aromatic nitrogens is 1. The van der Waals surface area contributed by atoms with Crippen molar-refractivity contribution in [3.8, 4) is 0 Å². The maximum absolute atomic E-state index is 12.2. The van der Waals surface area contributed by atoms with Gasteiger partial charge in [0, 0.05) is 30.2 Å². The molecule has 0 aliphatic heterocycles. The molecule has 0 aliphatic carbocycles. The number of benzene rings is 1. The second-order valence-corrected chi connectivity index (χ2v) is 6.76. The van der Waals surface area contributed by atoms with E-state index in [0.717, 1.165) is 5.01 Å². The molecule has 2 rings (SSSR count). The van der Waals surface area contributed by atoms with Crippen molar-refractivity contribution in [2.24, 2.45) is 0 Å². The third-order valence-electron chi connectivity index (χ3n) is 2.73. The number of hydrogen-bond acceptors (Lipinski definition) is 5. The standard InChI is InChI=1S/C12H15N3O2S2/c1-9-10(13)3-2-4-11(9)19(16,17)15-6-5-12-14-7-8-18-12/h2-4,7-8,15H,5-6,13H2,1H3. The lowest BCUT2D eigenvalue weighted by atomic mass is 10.2. The molecule has 0 fully saturated rings. The molecule has 0 radical (unpaired) electrons. The lowest BCUT2D eigenvalue weighted by molar-refractivity contribution is 0.581. The first-order valence-corrected chi connectivity index (χ1v) is 8.10. The van der Waals surface area contributed by atoms with Crippen LogP contribution in [0.5, 0.6) is 0 Å². The number of nitrogens with zero attached hydrogens (tertiary/aromatic N) is 1. The summed E-state index contributed by atoms with van der Waals surface area (Å²) in [6, 6.07) is 4.87. The summed E-state index contributed by atoms with van der Waals surface area (Å²) in [4.78, 5) is 4.33. The highest BCUT2D eigenvalue weighted by Crippen LogP contribution is 2.20. The fourth-order valence-electron chi connectivity index (χ4n) is 1.67. The van der Waals surface area contributed by atoms with Gasteiger partial charge >= 0.3 is 0 Å². The third kappa shape index (κ3) is 3.31. The van der Waals surface area contributed by atoms with Crippen molar-refractivity contribution in [3.05, 3.63) is 40.3 Å². The summed E-state index contributed by atoms with van der Waals surface area (Å²) in [6.45, 7) is 2.02. The molecule has 19 heavy (non-hydrogen) atoms. The van der Waals surface area contributed by atoms with Gasteiger partial charge in [-0.25, -0.2) is 18.1 Å². The van der Waals surface area contributed by atoms with Gasteiger partial charge in [-0.2, -0.15) is 0 Å². The van der Waals surface area contributed by atoms with Crippen molar-refractivity contribution >= 4 is 27.0 Å². The molecule has 0 amide bonds. The van der Waals surface area contributed by atoms with Crippen LogP contribution >= 0.6 is 11.3 Å². The molecule has 0 saturated carbocycles. The average Bonchev–Trinajstić information content (AvgIpc) is 2.85. The Morgan fingerprint density at radius 1 is 1.42 bits per heavy atom. The minimum Gasteiger partial charge on any atom is -0.398 e. The van der Waals surface area contributed by atoms with Gasteiger partial charge in [0.25, 0.3) is 0 Å². The number of anilines is 1. The number of nitrogen functional groups attached to an aromatic ring is 1. The quantitative estimate of drug-likeness (QED) is 0.820. The van der Waals surface area contributed by atoms with Crippen molar-refractivity contribution in [2.75, 3.05) is 12.3 Å². The van der Waals surface area contributed by atoms with E-state index in [1.54, 1.807) is 31.3 Å². The second-order valence-electron chi connectivity index (χ2n) is 4.04. The fraction of sp³-hybridized carbons (Fsp3) is 0.250. The Hall–Kier alpha value is -1.44. The molecule has 7 heteroatoms. The SMILES string of the molecule is Cc1c(N)cccc1S(=O)(=O)NCCc1nccs1. The van der Waals surface area contributed by atoms with Crippen molar-refractivity contribution in [1.29, 1.82) is 0 Å². The molecular formula is C12H15N3O2S2. The smallest absolute Gasteiger partial charge is 0.240 e. The monoisotopic (exact) mass is 297 g/mol. The molecule has 1 aromatic carbocycles. The minimum atomic E-state index is -3.52. The Morgan fingerprint density at radius 3 is 2.89 bits per heavy atom. The molecule has 0 saturated heterocycles. The molecule has 0 aliphatic rings. The largest absolute Gasteiger partial charge is 0.398 e. The van der Waals surface area contributed by atoms with E-state index >= 15 is 0 Å². The minimum absolute atomic E-state index is 0.228. The summed E-state index contributed by atoms with van der Waals surface area (Å²) in [7, 11) is -3.52. The highest BCUT2D eigenvalue weighted by Gasteiger charge is 2.17. The van der Waals surface area contributed by atoms with E-state index in [-0.39, 0.29) is 4.90 Å². The average molecular weight is 297 g/mol. The summed E-state index contributed by atoms with van der Waals surface area (Å²) < 4.78 is 26.9. The van der Waals surface area contributed by atoms with Crippen LogP contribution in [0.15, 0.2) is 34.7 Å². The molecule has 3 N–H and O–H groups in total. The molecule has 1 aromatic heterocycles. The van der Waals surface area contributed by atoms with Crippen LogP contribution in [-0.4, -0.2) is 19.9 Å². The first kappa shape index (κ1) is 14.0. The van der Waals surface area contributed by atoms with Crippen molar-refractivity contribution < 1.29 is 8.42 Å². The molecule has 5 nitrogen and oxygen atoms in total. The van der Waals surface area contributed by atoms with Crippen LogP contribution in [0.25, 0.3) is 0 Å². The molecular weight excluding hydrogens is 282 g/mol. The Bertz CT molecular complexity index is 652. The van der Waals surface area contributed by atoms with Crippen LogP contribution in [0.2, 0.25) is 0 Å². The first-order valence-electron chi connectivity index (χ1n) is 5.74. The Kier molecular flexibility index (Phi) is 4.18. The third-order valence-corrected chi connectivity index (χ3v) is 5.17. The molecule has 0 spiro atoms. The van der Waals surface area contributed by atoms with Gasteiger partial charge in [0.15, 0.2) is 0 Å². The summed E-state index contributed by atoms with van der Waals surface area (Å²) in [5, 5.41) is 2.78. The molecule has 0 unspecified atom stereocenters. The van der Waals surface area contributed by atoms with Crippen molar-refractivity contribution in [1.82, 2.24) is 9.71 Å². The summed E-state index contributed by atoms with van der Waals surface area (Å²) in [5.41, 5.74) is 6.77. The normalized spacial score (nSPS) is 11.6. The van der Waals surface area contributed by atoms with Gasteiger partial charge in [0.2, 0.25) is 10.0 Å². The predicted octanol–water partition coefficient (Wildman–Crippen LogP) is 1.55. The summed E-state index contributed by atoms with van der Waals surface area (Å²) in [6.07, 6.45) is 2.29. The Balaban J connectivity index is 2.08. The lowest BCUT2D eigenvalue weighted by Gasteiger charge is -2.10.